The van der Waals surface area contributed by atoms with E-state index in [1.54, 1.807) is 5.01 Å². The third-order valence-electron chi connectivity index (χ3n) is 5.67. The van der Waals surface area contributed by atoms with E-state index < -0.39 is 0 Å². The van der Waals surface area contributed by atoms with Gasteiger partial charge in [-0.15, -0.1) is 0 Å². The largest absolute Gasteiger partial charge is 0.311 e. The first-order valence-electron chi connectivity index (χ1n) is 12.0. The SMILES string of the molecule is CC.NN(c1ccc(-c2ccccc2)cc1)c1ccc(N(c2ccccc2)c2ccccc2)cc1. The van der Waals surface area contributed by atoms with Crippen molar-refractivity contribution in [1.29, 1.82) is 0 Å². The van der Waals surface area contributed by atoms with Gasteiger partial charge in [-0.05, 0) is 71.8 Å². The van der Waals surface area contributed by atoms with E-state index in [1.807, 2.05) is 44.2 Å². The highest BCUT2D eigenvalue weighted by Crippen LogP contribution is 2.35. The third kappa shape index (κ3) is 5.60. The molecule has 0 fully saturated rings. The molecule has 3 heteroatoms. The van der Waals surface area contributed by atoms with E-state index in [1.165, 1.54) is 11.1 Å². The average molecular weight is 458 g/mol. The molecule has 174 valence electrons. The van der Waals surface area contributed by atoms with Crippen molar-refractivity contribution in [3.63, 3.8) is 0 Å². The minimum absolute atomic E-state index is 0.923. The quantitative estimate of drug-likeness (QED) is 0.204. The first-order valence-corrected chi connectivity index (χ1v) is 12.0. The van der Waals surface area contributed by atoms with Crippen molar-refractivity contribution >= 4 is 28.4 Å². The van der Waals surface area contributed by atoms with E-state index in [4.69, 9.17) is 5.84 Å². The molecule has 0 unspecified atom stereocenters. The maximum atomic E-state index is 6.47. The number of nitrogens with two attached hydrogens (primary N) is 1. The topological polar surface area (TPSA) is 32.5 Å². The molecule has 0 amide bonds. The van der Waals surface area contributed by atoms with Crippen molar-refractivity contribution in [2.45, 2.75) is 13.8 Å². The van der Waals surface area contributed by atoms with Crippen LogP contribution in [0.15, 0.2) is 140 Å². The van der Waals surface area contributed by atoms with Crippen molar-refractivity contribution in [2.24, 2.45) is 5.84 Å². The summed E-state index contributed by atoms with van der Waals surface area (Å²) in [7, 11) is 0. The van der Waals surface area contributed by atoms with Crippen LogP contribution in [-0.2, 0) is 0 Å². The lowest BCUT2D eigenvalue weighted by molar-refractivity contribution is 1.09. The van der Waals surface area contributed by atoms with Crippen LogP contribution >= 0.6 is 0 Å². The normalized spacial score (nSPS) is 10.1. The fourth-order valence-corrected chi connectivity index (χ4v) is 3.96. The molecule has 3 nitrogen and oxygen atoms in total. The number of benzene rings is 5. The van der Waals surface area contributed by atoms with Crippen LogP contribution < -0.4 is 15.8 Å². The van der Waals surface area contributed by atoms with Crippen molar-refractivity contribution < 1.29 is 0 Å². The lowest BCUT2D eigenvalue weighted by atomic mass is 10.1. The molecule has 2 N–H and O–H groups in total. The van der Waals surface area contributed by atoms with E-state index in [0.29, 0.717) is 0 Å². The van der Waals surface area contributed by atoms with Gasteiger partial charge in [0.2, 0.25) is 0 Å². The van der Waals surface area contributed by atoms with Gasteiger partial charge in [0, 0.05) is 17.1 Å². The molecular weight excluding hydrogens is 426 g/mol. The summed E-state index contributed by atoms with van der Waals surface area (Å²) in [6, 6.07) is 47.7. The summed E-state index contributed by atoms with van der Waals surface area (Å²) in [6.07, 6.45) is 0. The summed E-state index contributed by atoms with van der Waals surface area (Å²) in [6.45, 7) is 4.00. The first kappa shape index (κ1) is 23.8. The van der Waals surface area contributed by atoms with Gasteiger partial charge >= 0.3 is 0 Å². The zero-order valence-corrected chi connectivity index (χ0v) is 20.3. The van der Waals surface area contributed by atoms with Crippen molar-refractivity contribution in [2.75, 3.05) is 9.91 Å². The highest BCUT2D eigenvalue weighted by molar-refractivity contribution is 5.78. The van der Waals surface area contributed by atoms with Crippen LogP contribution in [0.1, 0.15) is 13.8 Å². The van der Waals surface area contributed by atoms with Gasteiger partial charge in [-0.2, -0.15) is 0 Å². The molecule has 0 saturated heterocycles. The maximum Gasteiger partial charge on any atom is 0.0576 e. The van der Waals surface area contributed by atoms with Gasteiger partial charge < -0.3 is 4.90 Å². The van der Waals surface area contributed by atoms with Crippen molar-refractivity contribution in [1.82, 2.24) is 0 Å². The van der Waals surface area contributed by atoms with Crippen molar-refractivity contribution in [3.8, 4) is 11.1 Å². The number of nitrogens with zero attached hydrogens (tertiary/aromatic N) is 2. The van der Waals surface area contributed by atoms with E-state index in [0.717, 1.165) is 28.4 Å². The van der Waals surface area contributed by atoms with Gasteiger partial charge in [-0.25, -0.2) is 5.84 Å². The predicted molar refractivity (Wildman–Crippen MR) is 151 cm³/mol. The second kappa shape index (κ2) is 11.7. The lowest BCUT2D eigenvalue weighted by Gasteiger charge is -2.26. The van der Waals surface area contributed by atoms with Crippen LogP contribution in [0.5, 0.6) is 0 Å². The summed E-state index contributed by atoms with van der Waals surface area (Å²) in [5.41, 5.74) is 7.51. The third-order valence-corrected chi connectivity index (χ3v) is 5.67. The van der Waals surface area contributed by atoms with Gasteiger partial charge in [0.1, 0.15) is 0 Å². The Labute approximate surface area is 208 Å². The van der Waals surface area contributed by atoms with Gasteiger partial charge in [-0.1, -0.05) is 92.7 Å². The summed E-state index contributed by atoms with van der Waals surface area (Å²) in [5.74, 6) is 6.47. The predicted octanol–water partition coefficient (Wildman–Crippen LogP) is 8.86. The molecule has 0 heterocycles. The van der Waals surface area contributed by atoms with Crippen LogP contribution in [0.2, 0.25) is 0 Å². The van der Waals surface area contributed by atoms with E-state index in [-0.39, 0.29) is 0 Å². The Morgan fingerprint density at radius 3 is 1.14 bits per heavy atom. The highest BCUT2D eigenvalue weighted by atomic mass is 15.4. The molecule has 0 aliphatic heterocycles. The molecule has 0 aliphatic carbocycles. The number of hydrogen-bond donors (Lipinski definition) is 1. The molecular formula is C32H31N3. The standard InChI is InChI=1S/C30H25N3.C2H6/c31-33(29-18-16-25(17-19-29)24-10-4-1-5-11-24)30-22-20-28(21-23-30)32(26-12-6-2-7-13-26)27-14-8-3-9-15-27;1-2/h1-23H,31H2;1-2H3. The van der Waals surface area contributed by atoms with E-state index >= 15 is 0 Å². The zero-order valence-electron chi connectivity index (χ0n) is 20.3. The first-order chi connectivity index (χ1) is 17.3. The molecule has 0 spiro atoms. The fraction of sp³-hybridized carbons (Fsp3) is 0.0625. The van der Waals surface area contributed by atoms with Gasteiger partial charge in [0.15, 0.2) is 0 Å². The zero-order chi connectivity index (χ0) is 24.5. The van der Waals surface area contributed by atoms with Crippen molar-refractivity contribution in [3.05, 3.63) is 140 Å². The molecule has 0 aromatic heterocycles. The van der Waals surface area contributed by atoms with Crippen LogP contribution in [0, 0.1) is 0 Å². The molecule has 0 atom stereocenters. The summed E-state index contributed by atoms with van der Waals surface area (Å²) in [5, 5.41) is 1.72. The number of para-hydroxylation sites is 2. The van der Waals surface area contributed by atoms with Crippen LogP contribution in [0.4, 0.5) is 28.4 Å². The summed E-state index contributed by atoms with van der Waals surface area (Å²) < 4.78 is 0. The molecule has 5 aromatic carbocycles. The Bertz CT molecular complexity index is 1240. The van der Waals surface area contributed by atoms with Gasteiger partial charge in [0.25, 0.3) is 0 Å². The Balaban J connectivity index is 0.00000141. The number of hydrogen-bond acceptors (Lipinski definition) is 3. The minimum atomic E-state index is 0.923. The molecule has 5 rings (SSSR count). The number of rotatable bonds is 6. The second-order valence-electron chi connectivity index (χ2n) is 7.81. The number of hydrazine groups is 1. The van der Waals surface area contributed by atoms with Gasteiger partial charge in [-0.3, -0.25) is 5.01 Å². The Hall–Kier alpha value is -4.34. The monoisotopic (exact) mass is 457 g/mol. The lowest BCUT2D eigenvalue weighted by Crippen LogP contribution is -2.24. The molecule has 35 heavy (non-hydrogen) atoms. The molecule has 0 bridgehead atoms. The molecule has 0 radical (unpaired) electrons. The average Bonchev–Trinajstić information content (AvgIpc) is 2.96. The second-order valence-corrected chi connectivity index (χ2v) is 7.81. The molecule has 5 aromatic rings. The smallest absolute Gasteiger partial charge is 0.0576 e. The Morgan fingerprint density at radius 2 is 0.686 bits per heavy atom. The molecule has 0 aliphatic rings. The summed E-state index contributed by atoms with van der Waals surface area (Å²) in [4.78, 5) is 2.24. The summed E-state index contributed by atoms with van der Waals surface area (Å²) >= 11 is 0. The fourth-order valence-electron chi connectivity index (χ4n) is 3.96. The molecule has 0 saturated carbocycles. The maximum absolute atomic E-state index is 6.47. The van der Waals surface area contributed by atoms with Gasteiger partial charge in [0.05, 0.1) is 11.4 Å². The van der Waals surface area contributed by atoms with E-state index in [2.05, 4.69) is 114 Å². The Morgan fingerprint density at radius 1 is 0.371 bits per heavy atom. The van der Waals surface area contributed by atoms with Crippen LogP contribution in [-0.4, -0.2) is 0 Å². The van der Waals surface area contributed by atoms with Crippen LogP contribution in [0.3, 0.4) is 0 Å². The minimum Gasteiger partial charge on any atom is -0.311 e. The Kier molecular flexibility index (Phi) is 7.95. The highest BCUT2D eigenvalue weighted by Gasteiger charge is 2.13. The van der Waals surface area contributed by atoms with Crippen LogP contribution in [0.25, 0.3) is 11.1 Å². The number of anilines is 5. The van der Waals surface area contributed by atoms with E-state index in [9.17, 15) is 0 Å².